The van der Waals surface area contributed by atoms with Gasteiger partial charge in [0.1, 0.15) is 22.6 Å². The lowest BCUT2D eigenvalue weighted by atomic mass is 10.0. The minimum Gasteiger partial charge on any atom is -0.370 e. The minimum atomic E-state index is -0.170. The third-order valence-electron chi connectivity index (χ3n) is 12.5. The molecular formula is C53H53Cl2N11O4. The molecule has 358 valence electrons. The second kappa shape index (κ2) is 21.6. The maximum Gasteiger partial charge on any atom is 0.260 e. The van der Waals surface area contributed by atoms with Gasteiger partial charge < -0.3 is 19.7 Å². The van der Waals surface area contributed by atoms with Crippen LogP contribution in [-0.4, -0.2) is 40.9 Å². The number of rotatable bonds is 17. The molecule has 0 amide bonds. The van der Waals surface area contributed by atoms with Gasteiger partial charge in [0.05, 0.1) is 0 Å². The summed E-state index contributed by atoms with van der Waals surface area (Å²) < 4.78 is 14.2. The van der Waals surface area contributed by atoms with E-state index in [4.69, 9.17) is 42.2 Å². The van der Waals surface area contributed by atoms with Crippen molar-refractivity contribution in [3.05, 3.63) is 166 Å². The van der Waals surface area contributed by atoms with Crippen molar-refractivity contribution in [2.45, 2.75) is 98.7 Å². The molecule has 0 spiro atoms. The summed E-state index contributed by atoms with van der Waals surface area (Å²) in [5.41, 5.74) is 6.79. The fourth-order valence-corrected chi connectivity index (χ4v) is 9.28. The summed E-state index contributed by atoms with van der Waals surface area (Å²) in [6.45, 7) is 9.91. The smallest absolute Gasteiger partial charge is 0.260 e. The lowest BCUT2D eigenvalue weighted by Crippen LogP contribution is -2.44. The van der Waals surface area contributed by atoms with Gasteiger partial charge in [-0.1, -0.05) is 83.3 Å². The molecule has 0 fully saturated rings. The highest BCUT2D eigenvalue weighted by Gasteiger charge is 2.19. The van der Waals surface area contributed by atoms with Gasteiger partial charge in [0, 0.05) is 106 Å². The van der Waals surface area contributed by atoms with E-state index < -0.39 is 0 Å². The number of hydrogen-bond acceptors (Lipinski definition) is 13. The molecule has 0 saturated carbocycles. The van der Waals surface area contributed by atoms with Crippen molar-refractivity contribution < 1.29 is 9.05 Å². The summed E-state index contributed by atoms with van der Waals surface area (Å²) in [4.78, 5) is 51.2. The molecule has 0 atom stereocenters. The Hall–Kier alpha value is -7.23. The molecule has 15 nitrogen and oxygen atoms in total. The van der Waals surface area contributed by atoms with Crippen LogP contribution in [0.25, 0.3) is 57.2 Å². The van der Waals surface area contributed by atoms with Gasteiger partial charge in [0.2, 0.25) is 23.4 Å². The molecule has 2 N–H and O–H groups in total. The van der Waals surface area contributed by atoms with Crippen molar-refractivity contribution in [2.75, 3.05) is 6.54 Å². The van der Waals surface area contributed by atoms with E-state index in [-0.39, 0.29) is 11.1 Å². The first-order valence-corrected chi connectivity index (χ1v) is 24.6. The number of aromatic nitrogens is 7. The van der Waals surface area contributed by atoms with Crippen molar-refractivity contribution >= 4 is 35.4 Å². The van der Waals surface area contributed by atoms with E-state index in [1.807, 2.05) is 62.4 Å². The van der Waals surface area contributed by atoms with Crippen LogP contribution in [0.2, 0.25) is 10.0 Å². The molecular weight excluding hydrogens is 926 g/mol. The molecule has 2 aliphatic heterocycles. The summed E-state index contributed by atoms with van der Waals surface area (Å²) >= 11 is 13.7. The van der Waals surface area contributed by atoms with Crippen LogP contribution < -0.4 is 43.2 Å². The number of aryl methyl sites for hydroxylation is 2. The molecule has 17 heteroatoms. The highest BCUT2D eigenvalue weighted by molar-refractivity contribution is 6.34. The van der Waals surface area contributed by atoms with E-state index >= 15 is 0 Å². The average molecular weight is 979 g/mol. The number of hydrogen-bond donors (Lipinski definition) is 2. The third kappa shape index (κ3) is 10.4. The summed E-state index contributed by atoms with van der Waals surface area (Å²) in [5.74, 6) is 3.38. The number of nitrogens with one attached hydrogen (secondary N) is 2. The quantitative estimate of drug-likeness (QED) is 0.0852. The Labute approximate surface area is 413 Å². The van der Waals surface area contributed by atoms with Gasteiger partial charge in [0.15, 0.2) is 0 Å². The van der Waals surface area contributed by atoms with Gasteiger partial charge in [-0.3, -0.25) is 23.7 Å². The van der Waals surface area contributed by atoms with Gasteiger partial charge in [0.25, 0.3) is 11.1 Å². The zero-order chi connectivity index (χ0) is 48.7. The summed E-state index contributed by atoms with van der Waals surface area (Å²) in [6, 6.07) is 18.6. The Kier molecular flexibility index (Phi) is 14.8. The largest absolute Gasteiger partial charge is 0.370 e. The van der Waals surface area contributed by atoms with Crippen LogP contribution in [0.5, 0.6) is 0 Å². The van der Waals surface area contributed by atoms with Crippen LogP contribution in [0.1, 0.15) is 83.1 Å². The fourth-order valence-electron chi connectivity index (χ4n) is 8.72. The average Bonchev–Trinajstić information content (AvgIpc) is 3.99. The third-order valence-corrected chi connectivity index (χ3v) is 13.1. The predicted octanol–water partition coefficient (Wildman–Crippen LogP) is 7.75. The zero-order valence-corrected chi connectivity index (χ0v) is 41.1. The normalized spacial score (nSPS) is 13.4. The first-order valence-electron chi connectivity index (χ1n) is 23.8. The van der Waals surface area contributed by atoms with Crippen molar-refractivity contribution in [3.8, 4) is 45.0 Å². The van der Waals surface area contributed by atoms with Gasteiger partial charge in [-0.15, -0.1) is 0 Å². The van der Waals surface area contributed by atoms with Gasteiger partial charge >= 0.3 is 0 Å². The fraction of sp³-hybridized carbons (Fsp3) is 0.302. The number of nitrogens with zero attached hydrogens (tertiary/aromatic N) is 9. The molecule has 2 aliphatic rings. The topological polar surface area (TPSA) is 184 Å². The van der Waals surface area contributed by atoms with E-state index in [1.54, 1.807) is 40.6 Å². The van der Waals surface area contributed by atoms with E-state index in [1.165, 1.54) is 0 Å². The van der Waals surface area contributed by atoms with Crippen LogP contribution in [0, 0.1) is 6.92 Å². The minimum absolute atomic E-state index is 0.168. The maximum atomic E-state index is 14.1. The van der Waals surface area contributed by atoms with Crippen molar-refractivity contribution in [2.24, 2.45) is 9.98 Å². The maximum absolute atomic E-state index is 14.1. The van der Waals surface area contributed by atoms with Crippen LogP contribution in [0.15, 0.2) is 125 Å². The van der Waals surface area contributed by atoms with E-state index in [2.05, 4.69) is 61.1 Å². The molecule has 70 heavy (non-hydrogen) atoms. The summed E-state index contributed by atoms with van der Waals surface area (Å²) in [6.07, 6.45) is 16.3. The number of pyridine rings is 3. The van der Waals surface area contributed by atoms with Crippen LogP contribution >= 0.6 is 23.2 Å². The Morgan fingerprint density at radius 2 is 1.30 bits per heavy atom. The Morgan fingerprint density at radius 1 is 0.671 bits per heavy atom. The molecule has 7 heterocycles. The summed E-state index contributed by atoms with van der Waals surface area (Å²) in [5, 5.41) is 17.8. The van der Waals surface area contributed by atoms with Gasteiger partial charge in [-0.25, -0.2) is 9.98 Å². The Morgan fingerprint density at radius 3 is 1.93 bits per heavy atom. The Balaban J connectivity index is 0.825. The SMILES string of the molecule is CCC1=C(NCc2ccncc2)N=c2c(cc(-c3ccc(-c4noc(CCCCCNC5=CCCC=c6cc(-c7ccc(-c8noc(C)n8)cc7Cl)c(=O)n(CC)c6=N5)n4)cc3Cl)c(=O)n2CC)=CC1. The van der Waals surface area contributed by atoms with E-state index in [9.17, 15) is 9.59 Å². The van der Waals surface area contributed by atoms with Crippen molar-refractivity contribution in [1.82, 2.24) is 45.0 Å². The standard InChI is InChI=1S/C53H53Cl2N11O4/c1-5-34-16-17-38-28-42(53(68)66(7-3)51(38)62-47(34)58-31-33-22-25-56-26-23-33)40-21-19-36(30-44(40)55)49-61-46(70-64-49)15-9-8-12-24-57-45-14-11-10-13-37-27-41(52(67)65(6-2)50(37)60-45)39-20-18-35(29-43(39)54)48-59-32(4)69-63-48/h13-14,17-23,25-30,57-58H,5-12,15-16,24,31H2,1-4H3. The Bertz CT molecular complexity index is 3540. The highest BCUT2D eigenvalue weighted by Crippen LogP contribution is 2.31. The summed E-state index contributed by atoms with van der Waals surface area (Å²) in [7, 11) is 0. The predicted molar refractivity (Wildman–Crippen MR) is 271 cm³/mol. The molecule has 9 rings (SSSR count). The zero-order valence-electron chi connectivity index (χ0n) is 39.6. The van der Waals surface area contributed by atoms with Crippen LogP contribution in [0.3, 0.4) is 0 Å². The van der Waals surface area contributed by atoms with Crippen LogP contribution in [-0.2, 0) is 26.1 Å². The molecule has 0 aliphatic carbocycles. The molecule has 7 aromatic rings. The van der Waals surface area contributed by atoms with Crippen molar-refractivity contribution in [3.63, 3.8) is 0 Å². The molecule has 0 bridgehead atoms. The molecule has 0 saturated heterocycles. The number of benzene rings is 2. The number of unbranched alkanes of at least 4 members (excludes halogenated alkanes) is 2. The first kappa shape index (κ1) is 47.8. The second-order valence-corrected chi connectivity index (χ2v) is 17.9. The molecule has 5 aromatic heterocycles. The second-order valence-electron chi connectivity index (χ2n) is 17.1. The number of halogens is 2. The van der Waals surface area contributed by atoms with E-state index in [0.29, 0.717) is 117 Å². The van der Waals surface area contributed by atoms with Gasteiger partial charge in [-0.05, 0) is 106 Å². The molecule has 2 aromatic carbocycles. The number of allylic oxidation sites excluding steroid dienone is 2. The monoisotopic (exact) mass is 977 g/mol. The molecule has 0 unspecified atom stereocenters. The van der Waals surface area contributed by atoms with E-state index in [0.717, 1.165) is 71.7 Å². The van der Waals surface area contributed by atoms with Crippen molar-refractivity contribution in [1.29, 1.82) is 0 Å². The van der Waals surface area contributed by atoms with Gasteiger partial charge in [-0.2, -0.15) is 9.97 Å². The lowest BCUT2D eigenvalue weighted by molar-refractivity contribution is 0.374. The first-order chi connectivity index (χ1) is 34.1. The highest BCUT2D eigenvalue weighted by atomic mass is 35.5. The van der Waals surface area contributed by atoms with Crippen LogP contribution in [0.4, 0.5) is 0 Å². The number of fused-ring (bicyclic) bond motifs is 2. The molecule has 0 radical (unpaired) electrons. The lowest BCUT2D eigenvalue weighted by Gasteiger charge is -2.13.